The maximum atomic E-state index is 5.55. The van der Waals surface area contributed by atoms with Crippen molar-refractivity contribution in [2.75, 3.05) is 44.2 Å². The Morgan fingerprint density at radius 2 is 1.94 bits per heavy atom. The van der Waals surface area contributed by atoms with Crippen molar-refractivity contribution in [3.63, 3.8) is 0 Å². The lowest BCUT2D eigenvalue weighted by molar-refractivity contribution is 0.256. The Morgan fingerprint density at radius 3 is 2.61 bits per heavy atom. The average Bonchev–Trinajstić information content (AvgIpc) is 2.40. The van der Waals surface area contributed by atoms with Gasteiger partial charge in [-0.25, -0.2) is 0 Å². The first kappa shape index (κ1) is 13.7. The topological polar surface area (TPSA) is 32.5 Å². The van der Waals surface area contributed by atoms with Gasteiger partial charge in [0, 0.05) is 36.8 Å². The van der Waals surface area contributed by atoms with Gasteiger partial charge in [0.25, 0.3) is 0 Å². The lowest BCUT2D eigenvalue weighted by Gasteiger charge is -2.37. The number of nitrogens with zero attached hydrogens (tertiary/aromatic N) is 2. The van der Waals surface area contributed by atoms with Crippen molar-refractivity contribution < 1.29 is 0 Å². The molecule has 0 unspecified atom stereocenters. The zero-order chi connectivity index (χ0) is 13.0. The summed E-state index contributed by atoms with van der Waals surface area (Å²) in [5.41, 5.74) is 8.18. The average molecular weight is 265 g/mol. The smallest absolute Gasteiger partial charge is 0.0407 e. The van der Waals surface area contributed by atoms with Gasteiger partial charge in [-0.3, -0.25) is 4.90 Å². The standard InChI is InChI=1S/C14H23N3S/c1-12-13(4-2-5-14(12)18)17-10-8-16(9-11-17)7-3-6-15/h2,4-5,18H,3,6-11,15H2,1H3. The van der Waals surface area contributed by atoms with Crippen LogP contribution in [0.15, 0.2) is 23.1 Å². The molecule has 0 spiro atoms. The Morgan fingerprint density at radius 1 is 1.22 bits per heavy atom. The summed E-state index contributed by atoms with van der Waals surface area (Å²) < 4.78 is 0. The van der Waals surface area contributed by atoms with Crippen LogP contribution in [0.25, 0.3) is 0 Å². The highest BCUT2D eigenvalue weighted by molar-refractivity contribution is 7.80. The zero-order valence-corrected chi connectivity index (χ0v) is 12.0. The molecule has 1 heterocycles. The lowest BCUT2D eigenvalue weighted by atomic mass is 10.1. The number of anilines is 1. The third kappa shape index (κ3) is 3.19. The molecule has 1 aliphatic rings. The molecule has 18 heavy (non-hydrogen) atoms. The first-order chi connectivity index (χ1) is 8.72. The van der Waals surface area contributed by atoms with E-state index in [0.717, 1.165) is 50.6 Å². The number of rotatable bonds is 4. The second-order valence-electron chi connectivity index (χ2n) is 4.89. The van der Waals surface area contributed by atoms with E-state index in [1.54, 1.807) is 0 Å². The molecule has 0 aliphatic carbocycles. The molecule has 1 fully saturated rings. The summed E-state index contributed by atoms with van der Waals surface area (Å²) in [7, 11) is 0. The van der Waals surface area contributed by atoms with Gasteiger partial charge in [0.15, 0.2) is 0 Å². The van der Waals surface area contributed by atoms with Crippen LogP contribution in [0.3, 0.4) is 0 Å². The SMILES string of the molecule is Cc1c(S)cccc1N1CCN(CCCN)CC1. The first-order valence-electron chi connectivity index (χ1n) is 6.68. The van der Waals surface area contributed by atoms with Crippen molar-refractivity contribution in [1.82, 2.24) is 4.90 Å². The van der Waals surface area contributed by atoms with E-state index in [0.29, 0.717) is 0 Å². The maximum absolute atomic E-state index is 5.55. The molecule has 0 amide bonds. The van der Waals surface area contributed by atoms with Gasteiger partial charge < -0.3 is 10.6 Å². The molecular formula is C14H23N3S. The minimum atomic E-state index is 0.793. The van der Waals surface area contributed by atoms with Gasteiger partial charge in [-0.2, -0.15) is 0 Å². The number of piperazine rings is 1. The Balaban J connectivity index is 1.95. The number of thiol groups is 1. The highest BCUT2D eigenvalue weighted by Gasteiger charge is 2.18. The highest BCUT2D eigenvalue weighted by atomic mass is 32.1. The lowest BCUT2D eigenvalue weighted by Crippen LogP contribution is -2.47. The summed E-state index contributed by atoms with van der Waals surface area (Å²) >= 11 is 4.50. The molecule has 1 aromatic carbocycles. The van der Waals surface area contributed by atoms with Crippen LogP contribution in [0.2, 0.25) is 0 Å². The van der Waals surface area contributed by atoms with Crippen molar-refractivity contribution >= 4 is 18.3 Å². The minimum Gasteiger partial charge on any atom is -0.369 e. The molecule has 3 nitrogen and oxygen atoms in total. The maximum Gasteiger partial charge on any atom is 0.0407 e. The molecule has 100 valence electrons. The van der Waals surface area contributed by atoms with Crippen molar-refractivity contribution in [3.05, 3.63) is 23.8 Å². The van der Waals surface area contributed by atoms with Gasteiger partial charge in [0.05, 0.1) is 0 Å². The first-order valence-corrected chi connectivity index (χ1v) is 7.13. The summed E-state index contributed by atoms with van der Waals surface area (Å²) in [6.07, 6.45) is 1.10. The minimum absolute atomic E-state index is 0.793. The summed E-state index contributed by atoms with van der Waals surface area (Å²) in [6, 6.07) is 6.34. The Labute approximate surface area is 115 Å². The Kier molecular flexibility index (Phi) is 4.92. The molecular weight excluding hydrogens is 242 g/mol. The number of benzene rings is 1. The third-order valence-corrected chi connectivity index (χ3v) is 4.15. The fourth-order valence-corrected chi connectivity index (χ4v) is 2.68. The molecule has 4 heteroatoms. The number of hydrogen-bond donors (Lipinski definition) is 2. The van der Waals surface area contributed by atoms with E-state index in [1.165, 1.54) is 11.3 Å². The van der Waals surface area contributed by atoms with Crippen molar-refractivity contribution in [2.24, 2.45) is 5.73 Å². The van der Waals surface area contributed by atoms with Crippen LogP contribution < -0.4 is 10.6 Å². The van der Waals surface area contributed by atoms with Gasteiger partial charge >= 0.3 is 0 Å². The predicted octanol–water partition coefficient (Wildman–Crippen LogP) is 1.75. The molecule has 1 saturated heterocycles. The van der Waals surface area contributed by atoms with E-state index in [2.05, 4.69) is 47.6 Å². The molecule has 0 bridgehead atoms. The van der Waals surface area contributed by atoms with Crippen molar-refractivity contribution in [2.45, 2.75) is 18.2 Å². The van der Waals surface area contributed by atoms with Gasteiger partial charge in [-0.1, -0.05) is 6.07 Å². The molecule has 1 aliphatic heterocycles. The van der Waals surface area contributed by atoms with E-state index in [9.17, 15) is 0 Å². The molecule has 0 saturated carbocycles. The fourth-order valence-electron chi connectivity index (χ4n) is 2.48. The van der Waals surface area contributed by atoms with Crippen LogP contribution >= 0.6 is 12.6 Å². The Bertz CT molecular complexity index is 387. The van der Waals surface area contributed by atoms with Gasteiger partial charge in [-0.15, -0.1) is 12.6 Å². The largest absolute Gasteiger partial charge is 0.369 e. The molecule has 2 N–H and O–H groups in total. The van der Waals surface area contributed by atoms with E-state index in [4.69, 9.17) is 5.73 Å². The summed E-state index contributed by atoms with van der Waals surface area (Å²) in [4.78, 5) is 6.05. The van der Waals surface area contributed by atoms with Gasteiger partial charge in [0.2, 0.25) is 0 Å². The predicted molar refractivity (Wildman–Crippen MR) is 80.8 cm³/mol. The van der Waals surface area contributed by atoms with Crippen molar-refractivity contribution in [3.8, 4) is 0 Å². The van der Waals surface area contributed by atoms with E-state index in [-0.39, 0.29) is 0 Å². The molecule has 0 aromatic heterocycles. The summed E-state index contributed by atoms with van der Waals surface area (Å²) in [5.74, 6) is 0. The van der Waals surface area contributed by atoms with Crippen LogP contribution in [0.4, 0.5) is 5.69 Å². The van der Waals surface area contributed by atoms with Crippen LogP contribution in [-0.2, 0) is 0 Å². The third-order valence-electron chi connectivity index (χ3n) is 3.67. The van der Waals surface area contributed by atoms with Crippen LogP contribution in [0.1, 0.15) is 12.0 Å². The van der Waals surface area contributed by atoms with Crippen LogP contribution in [0, 0.1) is 6.92 Å². The zero-order valence-electron chi connectivity index (χ0n) is 11.1. The normalized spacial score (nSPS) is 17.2. The van der Waals surface area contributed by atoms with E-state index in [1.807, 2.05) is 0 Å². The van der Waals surface area contributed by atoms with E-state index >= 15 is 0 Å². The highest BCUT2D eigenvalue weighted by Crippen LogP contribution is 2.26. The van der Waals surface area contributed by atoms with Crippen LogP contribution in [0.5, 0.6) is 0 Å². The quantitative estimate of drug-likeness (QED) is 0.814. The van der Waals surface area contributed by atoms with Crippen molar-refractivity contribution in [1.29, 1.82) is 0 Å². The summed E-state index contributed by atoms with van der Waals surface area (Å²) in [6.45, 7) is 8.55. The summed E-state index contributed by atoms with van der Waals surface area (Å²) in [5, 5.41) is 0. The Hall–Kier alpha value is -0.710. The molecule has 0 radical (unpaired) electrons. The second kappa shape index (κ2) is 6.45. The number of hydrogen-bond acceptors (Lipinski definition) is 4. The second-order valence-corrected chi connectivity index (χ2v) is 5.37. The monoisotopic (exact) mass is 265 g/mol. The fraction of sp³-hybridized carbons (Fsp3) is 0.571. The van der Waals surface area contributed by atoms with Gasteiger partial charge in [0.1, 0.15) is 0 Å². The van der Waals surface area contributed by atoms with Crippen LogP contribution in [-0.4, -0.2) is 44.2 Å². The molecule has 0 atom stereocenters. The molecule has 2 rings (SSSR count). The molecule has 1 aromatic rings. The van der Waals surface area contributed by atoms with Gasteiger partial charge in [-0.05, 0) is 44.1 Å². The van der Waals surface area contributed by atoms with E-state index < -0.39 is 0 Å². The number of nitrogens with two attached hydrogens (primary N) is 1.